The summed E-state index contributed by atoms with van der Waals surface area (Å²) in [6.07, 6.45) is 13.0. The van der Waals surface area contributed by atoms with Gasteiger partial charge in [-0.25, -0.2) is 0 Å². The molecule has 4 rings (SSSR count). The van der Waals surface area contributed by atoms with Crippen LogP contribution in [0.5, 0.6) is 5.75 Å². The minimum Gasteiger partial charge on any atom is -0.487 e. The van der Waals surface area contributed by atoms with E-state index in [1.807, 2.05) is 48.5 Å². The number of allylic oxidation sites excluding steroid dienone is 3. The van der Waals surface area contributed by atoms with Crippen molar-refractivity contribution >= 4 is 45.7 Å². The zero-order valence-corrected chi connectivity index (χ0v) is 19.5. The Bertz CT molecular complexity index is 1260. The monoisotopic (exact) mass is 499 g/mol. The average Bonchev–Trinajstić information content (AvgIpc) is 3.30. The van der Waals surface area contributed by atoms with Crippen molar-refractivity contribution in [1.29, 1.82) is 0 Å². The second kappa shape index (κ2) is 10.8. The molecule has 1 aromatic heterocycles. The van der Waals surface area contributed by atoms with E-state index in [2.05, 4.69) is 39.1 Å². The van der Waals surface area contributed by atoms with Gasteiger partial charge in [0.1, 0.15) is 12.4 Å². The van der Waals surface area contributed by atoms with E-state index >= 15 is 0 Å². The molecule has 1 heterocycles. The number of hydrogen-bond donors (Lipinski definition) is 0. The zero-order chi connectivity index (χ0) is 23.0. The number of ketones is 2. The van der Waals surface area contributed by atoms with E-state index in [9.17, 15) is 9.59 Å². The maximum absolute atomic E-state index is 12.3. The van der Waals surface area contributed by atoms with Crippen LogP contribution in [-0.4, -0.2) is 16.6 Å². The van der Waals surface area contributed by atoms with Crippen molar-refractivity contribution in [3.63, 3.8) is 0 Å². The fraction of sp³-hybridized carbons (Fsp3) is 0.107. The third-order valence-electron chi connectivity index (χ3n) is 5.14. The molecule has 0 radical (unpaired) electrons. The molecule has 0 fully saturated rings. The van der Waals surface area contributed by atoms with Gasteiger partial charge in [-0.2, -0.15) is 0 Å². The smallest absolute Gasteiger partial charge is 0.163 e. The number of carbonyl (C=O) groups is 2. The predicted octanol–water partition coefficient (Wildman–Crippen LogP) is 6.25. The maximum Gasteiger partial charge on any atom is 0.163 e. The molecular formula is C28H22BrNO3. The Labute approximate surface area is 201 Å². The lowest BCUT2D eigenvalue weighted by Crippen LogP contribution is -2.02. The van der Waals surface area contributed by atoms with Crippen molar-refractivity contribution < 1.29 is 14.3 Å². The van der Waals surface area contributed by atoms with Crippen LogP contribution < -0.4 is 4.74 Å². The van der Waals surface area contributed by atoms with Gasteiger partial charge < -0.3 is 4.74 Å². The molecule has 33 heavy (non-hydrogen) atoms. The fourth-order valence-electron chi connectivity index (χ4n) is 3.42. The topological polar surface area (TPSA) is 56.3 Å². The van der Waals surface area contributed by atoms with Crippen LogP contribution in [0.4, 0.5) is 0 Å². The van der Waals surface area contributed by atoms with Crippen LogP contribution in [-0.2, 0) is 22.6 Å². The van der Waals surface area contributed by atoms with Crippen molar-refractivity contribution in [1.82, 2.24) is 4.98 Å². The number of fused-ring (bicyclic) bond motifs is 1. The SMILES string of the molecule is O=C(/C=C/c1ccc2c(c1)CC=C2)CC(=O)/C=C/c1cc(OCc2ccccn2)ccc1Br. The van der Waals surface area contributed by atoms with E-state index in [0.29, 0.717) is 12.4 Å². The summed E-state index contributed by atoms with van der Waals surface area (Å²) in [5, 5.41) is 0. The van der Waals surface area contributed by atoms with Gasteiger partial charge in [0.2, 0.25) is 0 Å². The summed E-state index contributed by atoms with van der Waals surface area (Å²) in [6, 6.07) is 17.3. The third-order valence-corrected chi connectivity index (χ3v) is 5.86. The summed E-state index contributed by atoms with van der Waals surface area (Å²) in [5.41, 5.74) is 5.05. The van der Waals surface area contributed by atoms with Crippen LogP contribution in [0.3, 0.4) is 0 Å². The largest absolute Gasteiger partial charge is 0.487 e. The Balaban J connectivity index is 1.32. The number of nitrogens with zero attached hydrogens (tertiary/aromatic N) is 1. The molecule has 0 saturated heterocycles. The van der Waals surface area contributed by atoms with Crippen molar-refractivity contribution in [2.24, 2.45) is 0 Å². The average molecular weight is 500 g/mol. The highest BCUT2D eigenvalue weighted by atomic mass is 79.9. The van der Waals surface area contributed by atoms with Gasteiger partial charge in [0.25, 0.3) is 0 Å². The van der Waals surface area contributed by atoms with Crippen LogP contribution in [0.25, 0.3) is 18.2 Å². The lowest BCUT2D eigenvalue weighted by atomic mass is 10.0. The molecule has 2 aromatic carbocycles. The standard InChI is InChI=1S/C28H22BrNO3/c29-28-14-13-27(33-19-24-6-1-2-15-30-24)17-23(28)10-12-26(32)18-25(31)11-8-20-7-9-21-4-3-5-22(21)16-20/h1-4,6-17H,5,18-19H2/b11-8+,12-10+. The highest BCUT2D eigenvalue weighted by Crippen LogP contribution is 2.25. The summed E-state index contributed by atoms with van der Waals surface area (Å²) in [7, 11) is 0. The van der Waals surface area contributed by atoms with Crippen LogP contribution in [0.15, 0.2) is 83.5 Å². The van der Waals surface area contributed by atoms with Crippen LogP contribution in [0, 0.1) is 0 Å². The van der Waals surface area contributed by atoms with Gasteiger partial charge in [0, 0.05) is 10.7 Å². The molecule has 4 nitrogen and oxygen atoms in total. The number of benzene rings is 2. The number of rotatable bonds is 9. The number of halogens is 1. The molecule has 1 aliphatic carbocycles. The molecule has 0 amide bonds. The molecule has 0 unspecified atom stereocenters. The highest BCUT2D eigenvalue weighted by molar-refractivity contribution is 9.10. The minimum absolute atomic E-state index is 0.174. The Hall–Kier alpha value is -3.57. The molecule has 0 aliphatic heterocycles. The van der Waals surface area contributed by atoms with E-state index in [4.69, 9.17) is 4.74 Å². The Morgan fingerprint density at radius 2 is 1.85 bits per heavy atom. The first-order chi connectivity index (χ1) is 16.1. The summed E-state index contributed by atoms with van der Waals surface area (Å²) >= 11 is 3.49. The Kier molecular flexibility index (Phi) is 7.43. The van der Waals surface area contributed by atoms with Crippen molar-refractivity contribution in [2.75, 3.05) is 0 Å². The van der Waals surface area contributed by atoms with Gasteiger partial charge in [0.15, 0.2) is 11.6 Å². The first-order valence-electron chi connectivity index (χ1n) is 10.6. The predicted molar refractivity (Wildman–Crippen MR) is 135 cm³/mol. The zero-order valence-electron chi connectivity index (χ0n) is 17.9. The summed E-state index contributed by atoms with van der Waals surface area (Å²) in [4.78, 5) is 28.8. The van der Waals surface area contributed by atoms with E-state index in [1.165, 1.54) is 23.3 Å². The van der Waals surface area contributed by atoms with Crippen LogP contribution in [0.1, 0.15) is 34.4 Å². The second-order valence-corrected chi connectivity index (χ2v) is 8.49. The summed E-state index contributed by atoms with van der Waals surface area (Å²) in [5.74, 6) is 0.184. The minimum atomic E-state index is -0.255. The summed E-state index contributed by atoms with van der Waals surface area (Å²) < 4.78 is 6.62. The lowest BCUT2D eigenvalue weighted by molar-refractivity contribution is -0.121. The molecule has 164 valence electrons. The highest BCUT2D eigenvalue weighted by Gasteiger charge is 2.07. The molecule has 0 saturated carbocycles. The number of aromatic nitrogens is 1. The van der Waals surface area contributed by atoms with Gasteiger partial charge in [-0.05, 0) is 71.2 Å². The molecule has 0 N–H and O–H groups in total. The van der Waals surface area contributed by atoms with Gasteiger partial charge in [-0.15, -0.1) is 0 Å². The van der Waals surface area contributed by atoms with Gasteiger partial charge >= 0.3 is 0 Å². The number of pyridine rings is 1. The molecule has 5 heteroatoms. The fourth-order valence-corrected chi connectivity index (χ4v) is 3.80. The number of hydrogen-bond acceptors (Lipinski definition) is 4. The molecule has 0 atom stereocenters. The quantitative estimate of drug-likeness (QED) is 0.258. The molecule has 1 aliphatic rings. The summed E-state index contributed by atoms with van der Waals surface area (Å²) in [6.45, 7) is 0.353. The van der Waals surface area contributed by atoms with E-state index in [0.717, 1.165) is 27.7 Å². The molecular weight excluding hydrogens is 478 g/mol. The number of ether oxygens (including phenoxy) is 1. The lowest BCUT2D eigenvalue weighted by Gasteiger charge is -2.07. The first kappa shape index (κ1) is 22.6. The van der Waals surface area contributed by atoms with E-state index in [1.54, 1.807) is 18.3 Å². The molecule has 0 bridgehead atoms. The molecule has 3 aromatic rings. The third kappa shape index (κ3) is 6.46. The number of carbonyl (C=O) groups excluding carboxylic acids is 2. The van der Waals surface area contributed by atoms with E-state index < -0.39 is 0 Å². The Morgan fingerprint density at radius 1 is 1.00 bits per heavy atom. The van der Waals surface area contributed by atoms with Crippen molar-refractivity contribution in [2.45, 2.75) is 19.4 Å². The normalized spacial score (nSPS) is 12.4. The van der Waals surface area contributed by atoms with Gasteiger partial charge in [-0.1, -0.05) is 64.5 Å². The Morgan fingerprint density at radius 3 is 2.67 bits per heavy atom. The second-order valence-electron chi connectivity index (χ2n) is 7.63. The van der Waals surface area contributed by atoms with Gasteiger partial charge in [-0.3, -0.25) is 14.6 Å². The van der Waals surface area contributed by atoms with Gasteiger partial charge in [0.05, 0.1) is 12.1 Å². The van der Waals surface area contributed by atoms with Crippen molar-refractivity contribution in [3.8, 4) is 5.75 Å². The first-order valence-corrected chi connectivity index (χ1v) is 11.4. The van der Waals surface area contributed by atoms with E-state index in [-0.39, 0.29) is 18.0 Å². The maximum atomic E-state index is 12.3. The van der Waals surface area contributed by atoms with Crippen LogP contribution in [0.2, 0.25) is 0 Å². The van der Waals surface area contributed by atoms with Crippen molar-refractivity contribution in [3.05, 3.63) is 111 Å². The molecule has 0 spiro atoms. The van der Waals surface area contributed by atoms with Crippen LogP contribution >= 0.6 is 15.9 Å².